The third kappa shape index (κ3) is 12.6. The van der Waals surface area contributed by atoms with E-state index >= 15 is 0 Å². The van der Waals surface area contributed by atoms with Crippen molar-refractivity contribution < 1.29 is 33.4 Å². The maximum absolute atomic E-state index is 13.2. The summed E-state index contributed by atoms with van der Waals surface area (Å²) < 4.78 is 15.9. The van der Waals surface area contributed by atoms with Crippen molar-refractivity contribution in [3.63, 3.8) is 0 Å². The molecule has 0 aliphatic heterocycles. The molecule has 1 atom stereocenters. The summed E-state index contributed by atoms with van der Waals surface area (Å²) in [6.07, 6.45) is 2.86. The number of para-hydroxylation sites is 1. The number of unbranched alkanes of at least 4 members (excludes halogenated alkanes) is 1. The van der Waals surface area contributed by atoms with Crippen LogP contribution in [0.2, 0.25) is 0 Å². The molecular weight excluding hydrogens is 528 g/mol. The first kappa shape index (κ1) is 33.6. The van der Waals surface area contributed by atoms with Crippen LogP contribution in [0.1, 0.15) is 79.7 Å². The lowest BCUT2D eigenvalue weighted by atomic mass is 10.1. The average molecular weight is 575 g/mol. The number of ether oxygens (including phenoxy) is 3. The van der Waals surface area contributed by atoms with E-state index in [1.54, 1.807) is 48.5 Å². The van der Waals surface area contributed by atoms with Gasteiger partial charge in [-0.3, -0.25) is 19.4 Å². The van der Waals surface area contributed by atoms with E-state index in [-0.39, 0.29) is 13.2 Å². The molecule has 0 spiro atoms. The van der Waals surface area contributed by atoms with Crippen LogP contribution in [0.5, 0.6) is 0 Å². The van der Waals surface area contributed by atoms with E-state index in [0.717, 1.165) is 16.5 Å². The minimum atomic E-state index is -0.857. The van der Waals surface area contributed by atoms with Crippen LogP contribution in [0.25, 0.3) is 10.9 Å². The Bertz CT molecular complexity index is 1160. The minimum Gasteiger partial charge on any atom is -0.466 e. The van der Waals surface area contributed by atoms with E-state index in [4.69, 9.17) is 14.2 Å². The Balaban J connectivity index is 2.13. The third-order valence-electron chi connectivity index (χ3n) is 5.77. The number of rotatable bonds is 14. The van der Waals surface area contributed by atoms with Crippen LogP contribution in [0.3, 0.4) is 0 Å². The van der Waals surface area contributed by atoms with E-state index in [1.807, 2.05) is 30.5 Å². The summed E-state index contributed by atoms with van der Waals surface area (Å²) in [4.78, 5) is 53.6. The Morgan fingerprint density at radius 3 is 2.32 bits per heavy atom. The first-order valence-corrected chi connectivity index (χ1v) is 14.2. The quantitative estimate of drug-likeness (QED) is 0.0992. The molecule has 1 aromatic heterocycles. The van der Waals surface area contributed by atoms with Gasteiger partial charge in [-0.25, -0.2) is 10.2 Å². The highest BCUT2D eigenvalue weighted by Crippen LogP contribution is 2.19. The molecule has 41 heavy (non-hydrogen) atoms. The van der Waals surface area contributed by atoms with Gasteiger partial charge >= 0.3 is 18.0 Å². The molecule has 0 saturated heterocycles. The largest absolute Gasteiger partial charge is 0.466 e. The van der Waals surface area contributed by atoms with E-state index in [9.17, 15) is 19.2 Å². The van der Waals surface area contributed by atoms with Crippen molar-refractivity contribution >= 4 is 34.8 Å². The Kier molecular flexibility index (Phi) is 12.6. The number of aromatic nitrogens is 1. The van der Waals surface area contributed by atoms with Gasteiger partial charge in [-0.05, 0) is 85.8 Å². The second-order valence-corrected chi connectivity index (χ2v) is 11.8. The van der Waals surface area contributed by atoms with Crippen molar-refractivity contribution in [1.82, 2.24) is 20.7 Å². The molecular formula is C30H46N4O7. The lowest BCUT2D eigenvalue weighted by Crippen LogP contribution is -2.53. The summed E-state index contributed by atoms with van der Waals surface area (Å²) in [5.41, 5.74) is 3.69. The van der Waals surface area contributed by atoms with Gasteiger partial charge in [0.25, 0.3) is 0 Å². The molecule has 228 valence electrons. The molecule has 0 saturated carbocycles. The summed E-state index contributed by atoms with van der Waals surface area (Å²) >= 11 is 0. The maximum Gasteiger partial charge on any atom is 0.407 e. The molecule has 0 unspecified atom stereocenters. The number of fused-ring (bicyclic) bond motifs is 1. The fourth-order valence-corrected chi connectivity index (χ4v) is 4.04. The SMILES string of the molecule is CCOC(=O)CC(=O)N(CCc1c[nH]c2ccccc12)N[C@@H](CCCCNC(=O)OC(C)(C)C)C(=O)OC(C)(C)C. The molecule has 0 fully saturated rings. The number of aromatic amines is 1. The zero-order valence-electron chi connectivity index (χ0n) is 25.4. The van der Waals surface area contributed by atoms with Gasteiger partial charge in [0.05, 0.1) is 6.61 Å². The Hall–Kier alpha value is -3.60. The first-order valence-electron chi connectivity index (χ1n) is 14.2. The summed E-state index contributed by atoms with van der Waals surface area (Å²) in [7, 11) is 0. The fourth-order valence-electron chi connectivity index (χ4n) is 4.04. The normalized spacial score (nSPS) is 12.5. The van der Waals surface area contributed by atoms with Crippen molar-refractivity contribution in [2.45, 2.75) is 97.8 Å². The zero-order valence-corrected chi connectivity index (χ0v) is 25.4. The number of esters is 2. The zero-order chi connectivity index (χ0) is 30.6. The van der Waals surface area contributed by atoms with Gasteiger partial charge in [0.1, 0.15) is 23.7 Å². The number of amides is 2. The number of carbonyl (C=O) groups excluding carboxylic acids is 4. The molecule has 2 aromatic rings. The molecule has 1 heterocycles. The second kappa shape index (κ2) is 15.4. The van der Waals surface area contributed by atoms with Crippen molar-refractivity contribution in [2.24, 2.45) is 0 Å². The van der Waals surface area contributed by atoms with Gasteiger partial charge in [-0.15, -0.1) is 0 Å². The fraction of sp³-hybridized carbons (Fsp3) is 0.600. The van der Waals surface area contributed by atoms with Crippen molar-refractivity contribution in [1.29, 1.82) is 0 Å². The number of benzene rings is 1. The number of hydrogen-bond acceptors (Lipinski definition) is 8. The van der Waals surface area contributed by atoms with Gasteiger partial charge in [0, 0.05) is 30.2 Å². The molecule has 0 radical (unpaired) electrons. The lowest BCUT2D eigenvalue weighted by Gasteiger charge is -2.30. The molecule has 3 N–H and O–H groups in total. The molecule has 0 aliphatic carbocycles. The third-order valence-corrected chi connectivity index (χ3v) is 5.77. The van der Waals surface area contributed by atoms with Crippen molar-refractivity contribution in [3.8, 4) is 0 Å². The topological polar surface area (TPSA) is 139 Å². The number of carbonyl (C=O) groups is 4. The lowest BCUT2D eigenvalue weighted by molar-refractivity contribution is -0.160. The van der Waals surface area contributed by atoms with Gasteiger partial charge < -0.3 is 24.5 Å². The highest BCUT2D eigenvalue weighted by Gasteiger charge is 2.29. The molecule has 2 rings (SSSR count). The van der Waals surface area contributed by atoms with Gasteiger partial charge in [0.15, 0.2) is 0 Å². The predicted molar refractivity (Wildman–Crippen MR) is 156 cm³/mol. The van der Waals surface area contributed by atoms with Crippen LogP contribution in [0, 0.1) is 0 Å². The molecule has 11 nitrogen and oxygen atoms in total. The molecule has 2 amide bonds. The molecule has 0 aliphatic rings. The monoisotopic (exact) mass is 574 g/mol. The van der Waals surface area contributed by atoms with Crippen LogP contribution >= 0.6 is 0 Å². The van der Waals surface area contributed by atoms with Crippen LogP contribution < -0.4 is 10.7 Å². The van der Waals surface area contributed by atoms with Gasteiger partial charge in [0.2, 0.25) is 5.91 Å². The van der Waals surface area contributed by atoms with E-state index in [1.165, 1.54) is 5.01 Å². The van der Waals surface area contributed by atoms with Gasteiger partial charge in [-0.1, -0.05) is 18.2 Å². The highest BCUT2D eigenvalue weighted by molar-refractivity contribution is 5.94. The summed E-state index contributed by atoms with van der Waals surface area (Å²) in [5, 5.41) is 5.05. The standard InChI is InChI=1S/C30H46N4O7/c1-8-39-26(36)19-25(35)34(18-16-21-20-32-23-14-10-9-13-22(21)23)33-24(27(37)40-29(2,3)4)15-11-12-17-31-28(38)41-30(5,6)7/h9-10,13-14,20,24,32-33H,8,11-12,15-19H2,1-7H3,(H,31,38)/t24-/m0/s1. The maximum atomic E-state index is 13.2. The minimum absolute atomic E-state index is 0.159. The first-order chi connectivity index (χ1) is 19.2. The Morgan fingerprint density at radius 2 is 1.66 bits per heavy atom. The smallest absolute Gasteiger partial charge is 0.407 e. The molecule has 1 aromatic carbocycles. The summed E-state index contributed by atoms with van der Waals surface area (Å²) in [5.74, 6) is -1.67. The second-order valence-electron chi connectivity index (χ2n) is 11.8. The Morgan fingerprint density at radius 1 is 0.976 bits per heavy atom. The summed E-state index contributed by atoms with van der Waals surface area (Å²) in [6.45, 7) is 13.1. The van der Waals surface area contributed by atoms with E-state index in [2.05, 4.69) is 15.7 Å². The van der Waals surface area contributed by atoms with Crippen LogP contribution in [0.4, 0.5) is 4.79 Å². The summed E-state index contributed by atoms with van der Waals surface area (Å²) in [6, 6.07) is 6.99. The highest BCUT2D eigenvalue weighted by atomic mass is 16.6. The van der Waals surface area contributed by atoms with Gasteiger partial charge in [-0.2, -0.15) is 0 Å². The number of alkyl carbamates (subject to hydrolysis) is 1. The molecule has 0 bridgehead atoms. The number of hydrazine groups is 1. The predicted octanol–water partition coefficient (Wildman–Crippen LogP) is 4.40. The molecule has 11 heteroatoms. The van der Waals surface area contributed by atoms with E-state index < -0.39 is 47.6 Å². The van der Waals surface area contributed by atoms with Crippen LogP contribution in [-0.2, 0) is 35.0 Å². The average Bonchev–Trinajstić information content (AvgIpc) is 3.26. The number of nitrogens with one attached hydrogen (secondary N) is 3. The Labute approximate surface area is 242 Å². The van der Waals surface area contributed by atoms with Crippen LogP contribution in [0.15, 0.2) is 30.5 Å². The number of H-pyrrole nitrogens is 1. The van der Waals surface area contributed by atoms with E-state index in [0.29, 0.717) is 32.2 Å². The van der Waals surface area contributed by atoms with Crippen molar-refractivity contribution in [3.05, 3.63) is 36.0 Å². The van der Waals surface area contributed by atoms with Crippen LogP contribution in [-0.4, -0.2) is 70.9 Å². The number of hydrogen-bond donors (Lipinski definition) is 3. The number of nitrogens with zero attached hydrogens (tertiary/aromatic N) is 1. The van der Waals surface area contributed by atoms with Crippen molar-refractivity contribution in [2.75, 3.05) is 19.7 Å².